The van der Waals surface area contributed by atoms with Crippen molar-refractivity contribution in [2.45, 2.75) is 6.42 Å². The molecule has 0 spiro atoms. The molecule has 0 saturated heterocycles. The Labute approximate surface area is 110 Å². The lowest BCUT2D eigenvalue weighted by Crippen LogP contribution is -2.11. The van der Waals surface area contributed by atoms with Gasteiger partial charge in [-0.3, -0.25) is 0 Å². The molecule has 0 amide bonds. The zero-order valence-corrected chi connectivity index (χ0v) is 10.9. The molecule has 0 saturated carbocycles. The number of aromatic nitrogens is 1. The minimum atomic E-state index is 0.397. The largest absolute Gasteiger partial charge is 0.389 e. The SMILES string of the molecule is NC(=S)c1ccnc(NCCc2ccsc2)c1. The first-order valence-corrected chi connectivity index (χ1v) is 6.61. The summed E-state index contributed by atoms with van der Waals surface area (Å²) < 4.78 is 0. The molecule has 0 aliphatic carbocycles. The summed E-state index contributed by atoms with van der Waals surface area (Å²) in [6.45, 7) is 0.852. The van der Waals surface area contributed by atoms with E-state index in [4.69, 9.17) is 18.0 Å². The van der Waals surface area contributed by atoms with E-state index in [1.165, 1.54) is 5.56 Å². The highest BCUT2D eigenvalue weighted by Gasteiger charge is 1.99. The first-order valence-electron chi connectivity index (χ1n) is 5.26. The van der Waals surface area contributed by atoms with Crippen LogP contribution < -0.4 is 11.1 Å². The van der Waals surface area contributed by atoms with Crippen molar-refractivity contribution >= 4 is 34.4 Å². The Bertz CT molecular complexity index is 494. The van der Waals surface area contributed by atoms with Crippen LogP contribution in [0.4, 0.5) is 5.82 Å². The zero-order valence-electron chi connectivity index (χ0n) is 9.22. The van der Waals surface area contributed by atoms with Gasteiger partial charge in [-0.15, -0.1) is 0 Å². The second-order valence-electron chi connectivity index (χ2n) is 3.60. The fraction of sp³-hybridized carbons (Fsp3) is 0.167. The number of rotatable bonds is 5. The van der Waals surface area contributed by atoms with Crippen molar-refractivity contribution < 1.29 is 0 Å². The molecular formula is C12H13N3S2. The number of nitrogens with zero attached hydrogens (tertiary/aromatic N) is 1. The number of pyridine rings is 1. The molecule has 0 fully saturated rings. The lowest BCUT2D eigenvalue weighted by atomic mass is 10.2. The monoisotopic (exact) mass is 263 g/mol. The van der Waals surface area contributed by atoms with Gasteiger partial charge in [0.05, 0.1) is 0 Å². The fourth-order valence-electron chi connectivity index (χ4n) is 1.45. The summed E-state index contributed by atoms with van der Waals surface area (Å²) >= 11 is 6.64. The normalized spacial score (nSPS) is 10.1. The number of hydrogen-bond donors (Lipinski definition) is 2. The second-order valence-corrected chi connectivity index (χ2v) is 4.82. The Morgan fingerprint density at radius 3 is 3.06 bits per heavy atom. The molecule has 3 nitrogen and oxygen atoms in total. The van der Waals surface area contributed by atoms with Gasteiger partial charge in [-0.1, -0.05) is 12.2 Å². The van der Waals surface area contributed by atoms with E-state index in [0.29, 0.717) is 4.99 Å². The molecule has 0 bridgehead atoms. The van der Waals surface area contributed by atoms with Gasteiger partial charge in [-0.25, -0.2) is 4.98 Å². The number of thiocarbonyl (C=S) groups is 1. The standard InChI is InChI=1S/C12H13N3S2/c13-12(16)10-2-5-15-11(7-10)14-4-1-9-3-6-17-8-9/h2-3,5-8H,1,4H2,(H2,13,16)(H,14,15). The van der Waals surface area contributed by atoms with E-state index in [2.05, 4.69) is 27.1 Å². The molecule has 2 aromatic rings. The van der Waals surface area contributed by atoms with Crippen LogP contribution in [0.5, 0.6) is 0 Å². The Morgan fingerprint density at radius 1 is 1.47 bits per heavy atom. The van der Waals surface area contributed by atoms with E-state index in [0.717, 1.165) is 24.3 Å². The summed E-state index contributed by atoms with van der Waals surface area (Å²) in [5, 5.41) is 7.49. The van der Waals surface area contributed by atoms with Crippen LogP contribution in [-0.2, 0) is 6.42 Å². The number of anilines is 1. The van der Waals surface area contributed by atoms with Crippen LogP contribution in [0.15, 0.2) is 35.2 Å². The van der Waals surface area contributed by atoms with E-state index in [1.807, 2.05) is 12.1 Å². The summed E-state index contributed by atoms with van der Waals surface area (Å²) in [4.78, 5) is 4.61. The maximum Gasteiger partial charge on any atom is 0.126 e. The fourth-order valence-corrected chi connectivity index (χ4v) is 2.28. The molecule has 2 aromatic heterocycles. The molecule has 2 rings (SSSR count). The van der Waals surface area contributed by atoms with Gasteiger partial charge in [0, 0.05) is 18.3 Å². The van der Waals surface area contributed by atoms with E-state index < -0.39 is 0 Å². The third-order valence-corrected chi connectivity index (χ3v) is 3.31. The van der Waals surface area contributed by atoms with E-state index in [-0.39, 0.29) is 0 Å². The van der Waals surface area contributed by atoms with Gasteiger partial charge >= 0.3 is 0 Å². The van der Waals surface area contributed by atoms with Crippen LogP contribution in [0.25, 0.3) is 0 Å². The van der Waals surface area contributed by atoms with Crippen molar-refractivity contribution in [2.75, 3.05) is 11.9 Å². The van der Waals surface area contributed by atoms with Gasteiger partial charge in [0.15, 0.2) is 0 Å². The van der Waals surface area contributed by atoms with Crippen LogP contribution in [0.2, 0.25) is 0 Å². The summed E-state index contributed by atoms with van der Waals surface area (Å²) in [7, 11) is 0. The van der Waals surface area contributed by atoms with E-state index in [9.17, 15) is 0 Å². The van der Waals surface area contributed by atoms with Crippen molar-refractivity contribution in [3.63, 3.8) is 0 Å². The average molecular weight is 263 g/mol. The molecule has 88 valence electrons. The van der Waals surface area contributed by atoms with E-state index in [1.54, 1.807) is 17.5 Å². The van der Waals surface area contributed by atoms with Crippen molar-refractivity contribution in [3.05, 3.63) is 46.3 Å². The van der Waals surface area contributed by atoms with Gasteiger partial charge in [0.1, 0.15) is 10.8 Å². The molecule has 0 unspecified atom stereocenters. The minimum absolute atomic E-state index is 0.397. The van der Waals surface area contributed by atoms with Gasteiger partial charge in [0.2, 0.25) is 0 Å². The third-order valence-electron chi connectivity index (χ3n) is 2.34. The highest BCUT2D eigenvalue weighted by Crippen LogP contribution is 2.09. The van der Waals surface area contributed by atoms with Gasteiger partial charge < -0.3 is 11.1 Å². The van der Waals surface area contributed by atoms with Crippen LogP contribution in [0.3, 0.4) is 0 Å². The number of nitrogens with one attached hydrogen (secondary N) is 1. The Morgan fingerprint density at radius 2 is 2.35 bits per heavy atom. The van der Waals surface area contributed by atoms with Crippen LogP contribution in [0.1, 0.15) is 11.1 Å². The molecular weight excluding hydrogens is 250 g/mol. The molecule has 0 atom stereocenters. The van der Waals surface area contributed by atoms with Crippen LogP contribution >= 0.6 is 23.6 Å². The van der Waals surface area contributed by atoms with Crippen molar-refractivity contribution in [2.24, 2.45) is 5.73 Å². The van der Waals surface area contributed by atoms with Gasteiger partial charge in [-0.05, 0) is 40.9 Å². The molecule has 5 heteroatoms. The molecule has 0 aliphatic rings. The molecule has 2 heterocycles. The maximum absolute atomic E-state index is 5.57. The summed E-state index contributed by atoms with van der Waals surface area (Å²) in [6, 6.07) is 5.81. The van der Waals surface area contributed by atoms with Crippen molar-refractivity contribution in [1.29, 1.82) is 0 Å². The molecule has 17 heavy (non-hydrogen) atoms. The highest BCUT2D eigenvalue weighted by molar-refractivity contribution is 7.80. The zero-order chi connectivity index (χ0) is 12.1. The van der Waals surface area contributed by atoms with Crippen LogP contribution in [0, 0.1) is 0 Å². The first kappa shape index (κ1) is 12.0. The predicted octanol–water partition coefficient (Wildman–Crippen LogP) is 2.43. The maximum atomic E-state index is 5.57. The van der Waals surface area contributed by atoms with Crippen LogP contribution in [-0.4, -0.2) is 16.5 Å². The van der Waals surface area contributed by atoms with Gasteiger partial charge in [-0.2, -0.15) is 11.3 Å². The Balaban J connectivity index is 1.90. The highest BCUT2D eigenvalue weighted by atomic mass is 32.1. The Hall–Kier alpha value is -1.46. The second kappa shape index (κ2) is 5.75. The lowest BCUT2D eigenvalue weighted by molar-refractivity contribution is 1.01. The Kier molecular flexibility index (Phi) is 4.06. The van der Waals surface area contributed by atoms with Crippen molar-refractivity contribution in [1.82, 2.24) is 4.98 Å². The molecule has 0 aromatic carbocycles. The van der Waals surface area contributed by atoms with Crippen molar-refractivity contribution in [3.8, 4) is 0 Å². The third kappa shape index (κ3) is 3.51. The lowest BCUT2D eigenvalue weighted by Gasteiger charge is -2.06. The number of hydrogen-bond acceptors (Lipinski definition) is 4. The summed E-state index contributed by atoms with van der Waals surface area (Å²) in [6.07, 6.45) is 2.70. The smallest absolute Gasteiger partial charge is 0.126 e. The molecule has 0 radical (unpaired) electrons. The number of nitrogens with two attached hydrogens (primary N) is 1. The molecule has 3 N–H and O–H groups in total. The first-order chi connectivity index (χ1) is 8.25. The topological polar surface area (TPSA) is 50.9 Å². The summed E-state index contributed by atoms with van der Waals surface area (Å²) in [5.74, 6) is 0.811. The molecule has 0 aliphatic heterocycles. The number of thiophene rings is 1. The quantitative estimate of drug-likeness (QED) is 0.814. The minimum Gasteiger partial charge on any atom is -0.389 e. The van der Waals surface area contributed by atoms with Gasteiger partial charge in [0.25, 0.3) is 0 Å². The summed E-state index contributed by atoms with van der Waals surface area (Å²) in [5.41, 5.74) is 7.75. The predicted molar refractivity (Wildman–Crippen MR) is 76.6 cm³/mol. The van der Waals surface area contributed by atoms with E-state index >= 15 is 0 Å². The average Bonchev–Trinajstić information content (AvgIpc) is 2.82.